The van der Waals surface area contributed by atoms with E-state index in [0.29, 0.717) is 0 Å². The van der Waals surface area contributed by atoms with Gasteiger partial charge in [-0.1, -0.05) is 60.7 Å². The van der Waals surface area contributed by atoms with E-state index in [9.17, 15) is 0 Å². The van der Waals surface area contributed by atoms with E-state index in [1.807, 2.05) is 0 Å². The summed E-state index contributed by atoms with van der Waals surface area (Å²) in [6, 6.07) is 13.7. The minimum Gasteiger partial charge on any atom is -0.0555 e. The van der Waals surface area contributed by atoms with Crippen molar-refractivity contribution in [2.45, 2.75) is 55.4 Å². The lowest BCUT2D eigenvalue weighted by molar-refractivity contribution is 1.29. The largest absolute Gasteiger partial charge is 0.0555 e. The van der Waals surface area contributed by atoms with Gasteiger partial charge < -0.3 is 0 Å². The Balaban J connectivity index is 1.89. The molecule has 30 heavy (non-hydrogen) atoms. The summed E-state index contributed by atoms with van der Waals surface area (Å²) in [6.45, 7) is 17.5. The molecule has 0 saturated heterocycles. The molecule has 0 heterocycles. The maximum atomic E-state index is 2.30. The lowest BCUT2D eigenvalue weighted by atomic mass is 9.96. The van der Waals surface area contributed by atoms with Gasteiger partial charge in [0, 0.05) is 0 Å². The van der Waals surface area contributed by atoms with Crippen molar-refractivity contribution in [2.24, 2.45) is 0 Å². The minimum atomic E-state index is 1.28. The fraction of sp³-hybridized carbons (Fsp3) is 0.267. The Hall–Kier alpha value is -2.86. The van der Waals surface area contributed by atoms with Crippen molar-refractivity contribution in [3.63, 3.8) is 0 Å². The molecule has 0 nitrogen and oxygen atoms in total. The third-order valence-corrected chi connectivity index (χ3v) is 6.30. The monoisotopic (exact) mass is 394 g/mol. The Morgan fingerprint density at radius 1 is 0.300 bits per heavy atom. The highest BCUT2D eigenvalue weighted by atomic mass is 14.1. The molecular formula is C30H34. The molecule has 0 fully saturated rings. The SMILES string of the molecule is Cc1cc(C)c(/C=C/c2cc(C)c(/C=C/c3cc(C)c(C)cc3C)cc2C)cc1C. The van der Waals surface area contributed by atoms with Gasteiger partial charge in [-0.15, -0.1) is 0 Å². The first-order chi connectivity index (χ1) is 14.2. The smallest absolute Gasteiger partial charge is 0.0224 e. The van der Waals surface area contributed by atoms with E-state index in [4.69, 9.17) is 0 Å². The van der Waals surface area contributed by atoms with Gasteiger partial charge >= 0.3 is 0 Å². The Bertz CT molecular complexity index is 1060. The number of rotatable bonds is 4. The zero-order valence-electron chi connectivity index (χ0n) is 19.8. The molecule has 0 spiro atoms. The molecule has 0 N–H and O–H groups in total. The molecule has 0 amide bonds. The van der Waals surface area contributed by atoms with Crippen molar-refractivity contribution in [3.8, 4) is 0 Å². The summed E-state index contributed by atoms with van der Waals surface area (Å²) in [5.41, 5.74) is 15.8. The average molecular weight is 395 g/mol. The quantitative estimate of drug-likeness (QED) is 0.389. The fourth-order valence-electron chi connectivity index (χ4n) is 3.90. The van der Waals surface area contributed by atoms with E-state index in [1.165, 1.54) is 66.8 Å². The van der Waals surface area contributed by atoms with Gasteiger partial charge in [0.1, 0.15) is 0 Å². The molecule has 3 rings (SSSR count). The third kappa shape index (κ3) is 4.82. The molecule has 0 unspecified atom stereocenters. The standard InChI is InChI=1S/C30H34/c1-19-13-23(5)27(15-21(19)3)9-11-29-17-26(8)30(18-25(29)7)12-10-28-16-22(4)20(2)14-24(28)6/h9-18H,1-8H3/b11-9+,12-10+. The van der Waals surface area contributed by atoms with E-state index >= 15 is 0 Å². The van der Waals surface area contributed by atoms with Gasteiger partial charge in [-0.05, 0) is 122 Å². The maximum Gasteiger partial charge on any atom is -0.0224 e. The van der Waals surface area contributed by atoms with Crippen LogP contribution in [0.4, 0.5) is 0 Å². The summed E-state index contributed by atoms with van der Waals surface area (Å²) in [5, 5.41) is 0. The predicted octanol–water partition coefficient (Wildman–Crippen LogP) is 8.49. The van der Waals surface area contributed by atoms with E-state index in [2.05, 4.69) is 116 Å². The van der Waals surface area contributed by atoms with Crippen LogP contribution >= 0.6 is 0 Å². The minimum absolute atomic E-state index is 1.28. The summed E-state index contributed by atoms with van der Waals surface area (Å²) in [6.07, 6.45) is 9.00. The van der Waals surface area contributed by atoms with E-state index < -0.39 is 0 Å². The van der Waals surface area contributed by atoms with Gasteiger partial charge in [0.25, 0.3) is 0 Å². The Labute approximate surface area is 183 Å². The van der Waals surface area contributed by atoms with Crippen LogP contribution in [-0.4, -0.2) is 0 Å². The van der Waals surface area contributed by atoms with Crippen LogP contribution in [0.3, 0.4) is 0 Å². The molecule has 0 atom stereocenters. The molecule has 0 aliphatic heterocycles. The van der Waals surface area contributed by atoms with Crippen molar-refractivity contribution in [1.82, 2.24) is 0 Å². The molecule has 0 aliphatic rings. The second kappa shape index (κ2) is 8.88. The van der Waals surface area contributed by atoms with Crippen LogP contribution in [0.15, 0.2) is 36.4 Å². The lowest BCUT2D eigenvalue weighted by Gasteiger charge is -2.10. The summed E-state index contributed by atoms with van der Waals surface area (Å²) in [4.78, 5) is 0. The van der Waals surface area contributed by atoms with Crippen molar-refractivity contribution >= 4 is 24.3 Å². The highest BCUT2D eigenvalue weighted by Gasteiger charge is 2.04. The van der Waals surface area contributed by atoms with Crippen LogP contribution in [0.1, 0.15) is 66.8 Å². The fourth-order valence-corrected chi connectivity index (χ4v) is 3.90. The van der Waals surface area contributed by atoms with Crippen LogP contribution in [-0.2, 0) is 0 Å². The Kier molecular flexibility index (Phi) is 6.46. The van der Waals surface area contributed by atoms with Gasteiger partial charge in [0.2, 0.25) is 0 Å². The van der Waals surface area contributed by atoms with Crippen molar-refractivity contribution < 1.29 is 0 Å². The first-order valence-corrected chi connectivity index (χ1v) is 10.8. The van der Waals surface area contributed by atoms with E-state index in [0.717, 1.165) is 0 Å². The first kappa shape index (κ1) is 21.8. The number of hydrogen-bond acceptors (Lipinski definition) is 0. The van der Waals surface area contributed by atoms with E-state index in [1.54, 1.807) is 0 Å². The summed E-state index contributed by atoms with van der Waals surface area (Å²) >= 11 is 0. The van der Waals surface area contributed by atoms with Gasteiger partial charge in [-0.3, -0.25) is 0 Å². The summed E-state index contributed by atoms with van der Waals surface area (Å²) in [7, 11) is 0. The number of benzene rings is 3. The predicted molar refractivity (Wildman–Crippen MR) is 135 cm³/mol. The zero-order chi connectivity index (χ0) is 22.0. The van der Waals surface area contributed by atoms with Crippen molar-refractivity contribution in [2.75, 3.05) is 0 Å². The molecule has 3 aromatic rings. The molecule has 0 saturated carbocycles. The van der Waals surface area contributed by atoms with E-state index in [-0.39, 0.29) is 0 Å². The van der Waals surface area contributed by atoms with Crippen LogP contribution in [0, 0.1) is 55.4 Å². The maximum absolute atomic E-state index is 2.30. The third-order valence-electron chi connectivity index (χ3n) is 6.30. The Morgan fingerprint density at radius 2 is 0.500 bits per heavy atom. The lowest BCUT2D eigenvalue weighted by Crippen LogP contribution is -1.90. The van der Waals surface area contributed by atoms with Gasteiger partial charge in [-0.25, -0.2) is 0 Å². The molecule has 154 valence electrons. The highest BCUT2D eigenvalue weighted by molar-refractivity contribution is 5.77. The van der Waals surface area contributed by atoms with Crippen molar-refractivity contribution in [1.29, 1.82) is 0 Å². The average Bonchev–Trinajstić information content (AvgIpc) is 2.68. The van der Waals surface area contributed by atoms with Gasteiger partial charge in [0.15, 0.2) is 0 Å². The van der Waals surface area contributed by atoms with Crippen LogP contribution in [0.5, 0.6) is 0 Å². The van der Waals surface area contributed by atoms with Crippen LogP contribution in [0.2, 0.25) is 0 Å². The summed E-state index contributed by atoms with van der Waals surface area (Å²) in [5.74, 6) is 0. The normalized spacial score (nSPS) is 11.7. The topological polar surface area (TPSA) is 0 Å². The highest BCUT2D eigenvalue weighted by Crippen LogP contribution is 2.24. The zero-order valence-corrected chi connectivity index (χ0v) is 19.8. The molecule has 0 bridgehead atoms. The first-order valence-electron chi connectivity index (χ1n) is 10.8. The Morgan fingerprint density at radius 3 is 0.800 bits per heavy atom. The number of hydrogen-bond donors (Lipinski definition) is 0. The van der Waals surface area contributed by atoms with Crippen LogP contribution < -0.4 is 0 Å². The molecule has 0 aliphatic carbocycles. The summed E-state index contributed by atoms with van der Waals surface area (Å²) < 4.78 is 0. The van der Waals surface area contributed by atoms with Gasteiger partial charge in [-0.2, -0.15) is 0 Å². The second-order valence-electron chi connectivity index (χ2n) is 8.82. The molecule has 0 radical (unpaired) electrons. The number of aryl methyl sites for hydroxylation is 8. The molecule has 0 aromatic heterocycles. The molecule has 0 heteroatoms. The van der Waals surface area contributed by atoms with Crippen molar-refractivity contribution in [3.05, 3.63) is 103 Å². The molecular weight excluding hydrogens is 360 g/mol. The van der Waals surface area contributed by atoms with Gasteiger partial charge in [0.05, 0.1) is 0 Å². The molecule has 3 aromatic carbocycles. The van der Waals surface area contributed by atoms with Crippen LogP contribution in [0.25, 0.3) is 24.3 Å². The second-order valence-corrected chi connectivity index (χ2v) is 8.82.